The average Bonchev–Trinajstić information content (AvgIpc) is 2.77. The Morgan fingerprint density at radius 2 is 2.29 bits per heavy atom. The van der Waals surface area contributed by atoms with Gasteiger partial charge in [-0.05, 0) is 55.5 Å². The summed E-state index contributed by atoms with van der Waals surface area (Å²) in [5, 5.41) is 5.71. The van der Waals surface area contributed by atoms with E-state index in [0.717, 1.165) is 13.0 Å². The van der Waals surface area contributed by atoms with E-state index in [2.05, 4.69) is 41.7 Å². The molecule has 3 heteroatoms. The molecule has 0 aliphatic rings. The highest BCUT2D eigenvalue weighted by atomic mass is 32.1. The van der Waals surface area contributed by atoms with E-state index in [1.54, 1.807) is 0 Å². The molecule has 90 valence electrons. The predicted molar refractivity (Wildman–Crippen MR) is 73.4 cm³/mol. The summed E-state index contributed by atoms with van der Waals surface area (Å²) in [6.45, 7) is 5.39. The van der Waals surface area contributed by atoms with Gasteiger partial charge in [-0.2, -0.15) is 0 Å². The van der Waals surface area contributed by atoms with Gasteiger partial charge < -0.3 is 5.32 Å². The van der Waals surface area contributed by atoms with Crippen molar-refractivity contribution in [1.29, 1.82) is 0 Å². The number of nitrogens with zero attached hydrogens (tertiary/aromatic N) is 1. The second-order valence-electron chi connectivity index (χ2n) is 4.25. The van der Waals surface area contributed by atoms with Crippen molar-refractivity contribution in [2.45, 2.75) is 26.3 Å². The molecule has 1 atom stereocenters. The molecule has 0 aromatic carbocycles. The van der Waals surface area contributed by atoms with Crippen LogP contribution >= 0.6 is 11.3 Å². The average molecular weight is 246 g/mol. The lowest BCUT2D eigenvalue weighted by atomic mass is 10.1. The molecule has 1 unspecified atom stereocenters. The summed E-state index contributed by atoms with van der Waals surface area (Å²) in [5.41, 5.74) is 2.67. The normalized spacial score (nSPS) is 12.6. The number of aryl methyl sites for hydroxylation is 1. The Morgan fingerprint density at radius 3 is 2.94 bits per heavy atom. The van der Waals surface area contributed by atoms with E-state index < -0.39 is 0 Å². The summed E-state index contributed by atoms with van der Waals surface area (Å²) in [5.74, 6) is 0. The Bertz CT molecular complexity index is 450. The zero-order valence-corrected chi connectivity index (χ0v) is 11.1. The van der Waals surface area contributed by atoms with Crippen molar-refractivity contribution in [2.24, 2.45) is 0 Å². The van der Waals surface area contributed by atoms with E-state index in [4.69, 9.17) is 0 Å². The first-order chi connectivity index (χ1) is 8.27. The van der Waals surface area contributed by atoms with E-state index >= 15 is 0 Å². The smallest absolute Gasteiger partial charge is 0.0388 e. The molecule has 17 heavy (non-hydrogen) atoms. The number of rotatable bonds is 5. The van der Waals surface area contributed by atoms with E-state index in [0.29, 0.717) is 6.04 Å². The first-order valence-corrected chi connectivity index (χ1v) is 6.81. The van der Waals surface area contributed by atoms with E-state index in [1.165, 1.54) is 16.0 Å². The maximum atomic E-state index is 4.12. The highest BCUT2D eigenvalue weighted by Crippen LogP contribution is 2.23. The van der Waals surface area contributed by atoms with Gasteiger partial charge in [-0.1, -0.05) is 6.07 Å². The number of pyridine rings is 1. The van der Waals surface area contributed by atoms with Crippen molar-refractivity contribution < 1.29 is 0 Å². The Morgan fingerprint density at radius 1 is 1.41 bits per heavy atom. The summed E-state index contributed by atoms with van der Waals surface area (Å²) < 4.78 is 0. The second-order valence-corrected chi connectivity index (χ2v) is 5.20. The number of thiophene rings is 1. The van der Waals surface area contributed by atoms with Crippen LogP contribution in [-0.2, 0) is 6.42 Å². The van der Waals surface area contributed by atoms with Crippen molar-refractivity contribution >= 4 is 11.3 Å². The molecule has 2 aromatic rings. The van der Waals surface area contributed by atoms with Gasteiger partial charge in [-0.25, -0.2) is 0 Å². The lowest BCUT2D eigenvalue weighted by Crippen LogP contribution is -2.21. The van der Waals surface area contributed by atoms with Crippen LogP contribution in [0.25, 0.3) is 0 Å². The van der Waals surface area contributed by atoms with Crippen LogP contribution in [0, 0.1) is 6.92 Å². The van der Waals surface area contributed by atoms with Crippen molar-refractivity contribution in [2.75, 3.05) is 6.54 Å². The number of hydrogen-bond donors (Lipinski definition) is 1. The second kappa shape index (κ2) is 5.94. The molecule has 0 spiro atoms. The minimum Gasteiger partial charge on any atom is -0.309 e. The molecule has 0 aliphatic carbocycles. The fourth-order valence-corrected chi connectivity index (χ4v) is 2.86. The lowest BCUT2D eigenvalue weighted by molar-refractivity contribution is 0.582. The molecule has 0 amide bonds. The summed E-state index contributed by atoms with van der Waals surface area (Å²) in [7, 11) is 0. The van der Waals surface area contributed by atoms with Crippen molar-refractivity contribution in [3.63, 3.8) is 0 Å². The molecule has 2 rings (SSSR count). The molecule has 0 aliphatic heterocycles. The summed E-state index contributed by atoms with van der Waals surface area (Å²) in [6.07, 6.45) is 4.78. The molecule has 0 fully saturated rings. The van der Waals surface area contributed by atoms with Crippen LogP contribution in [0.5, 0.6) is 0 Å². The van der Waals surface area contributed by atoms with Crippen LogP contribution in [0.2, 0.25) is 0 Å². The summed E-state index contributed by atoms with van der Waals surface area (Å²) in [4.78, 5) is 5.56. The van der Waals surface area contributed by atoms with Crippen LogP contribution in [0.15, 0.2) is 36.0 Å². The Labute approximate surface area is 107 Å². The summed E-state index contributed by atoms with van der Waals surface area (Å²) >= 11 is 1.83. The van der Waals surface area contributed by atoms with Crippen molar-refractivity contribution in [1.82, 2.24) is 10.3 Å². The molecular formula is C14H18N2S. The lowest BCUT2D eigenvalue weighted by Gasteiger charge is -2.13. The van der Waals surface area contributed by atoms with Crippen molar-refractivity contribution in [3.8, 4) is 0 Å². The van der Waals surface area contributed by atoms with Crippen LogP contribution in [0.3, 0.4) is 0 Å². The van der Waals surface area contributed by atoms with E-state index in [1.807, 2.05) is 29.8 Å². The van der Waals surface area contributed by atoms with Gasteiger partial charge in [0.2, 0.25) is 0 Å². The fourth-order valence-electron chi connectivity index (χ4n) is 1.90. The van der Waals surface area contributed by atoms with Gasteiger partial charge in [0.1, 0.15) is 0 Å². The predicted octanol–water partition coefficient (Wildman–Crippen LogP) is 3.34. The maximum Gasteiger partial charge on any atom is 0.0388 e. The van der Waals surface area contributed by atoms with Gasteiger partial charge in [0.15, 0.2) is 0 Å². The van der Waals surface area contributed by atoms with Crippen LogP contribution < -0.4 is 5.32 Å². The third-order valence-corrected chi connectivity index (χ3v) is 4.08. The SMILES string of the molecule is Cc1ccsc1C(C)NCCc1cccnc1. The van der Waals surface area contributed by atoms with Gasteiger partial charge in [-0.3, -0.25) is 4.98 Å². The molecule has 0 saturated heterocycles. The largest absolute Gasteiger partial charge is 0.309 e. The molecule has 2 heterocycles. The van der Waals surface area contributed by atoms with E-state index in [9.17, 15) is 0 Å². The Kier molecular flexibility index (Phi) is 4.29. The minimum atomic E-state index is 0.437. The molecule has 1 N–H and O–H groups in total. The molecule has 2 nitrogen and oxygen atoms in total. The van der Waals surface area contributed by atoms with Gasteiger partial charge in [0.05, 0.1) is 0 Å². The van der Waals surface area contributed by atoms with Crippen LogP contribution in [0.1, 0.15) is 29.0 Å². The van der Waals surface area contributed by atoms with Crippen LogP contribution in [0.4, 0.5) is 0 Å². The van der Waals surface area contributed by atoms with E-state index in [-0.39, 0.29) is 0 Å². The topological polar surface area (TPSA) is 24.9 Å². The molecule has 0 saturated carbocycles. The van der Waals surface area contributed by atoms with Gasteiger partial charge in [0, 0.05) is 23.3 Å². The van der Waals surface area contributed by atoms with Gasteiger partial charge in [-0.15, -0.1) is 11.3 Å². The first kappa shape index (κ1) is 12.3. The molecule has 0 radical (unpaired) electrons. The monoisotopic (exact) mass is 246 g/mol. The zero-order chi connectivity index (χ0) is 12.1. The highest BCUT2D eigenvalue weighted by molar-refractivity contribution is 7.10. The molecule has 0 bridgehead atoms. The maximum absolute atomic E-state index is 4.12. The quantitative estimate of drug-likeness (QED) is 0.875. The standard InChI is InChI=1S/C14H18N2S/c1-11-6-9-17-14(11)12(2)16-8-5-13-4-3-7-15-10-13/h3-4,6-7,9-10,12,16H,5,8H2,1-2H3. The third-order valence-electron chi connectivity index (χ3n) is 2.88. The number of aromatic nitrogens is 1. The van der Waals surface area contributed by atoms with Crippen molar-refractivity contribution in [3.05, 3.63) is 52.0 Å². The van der Waals surface area contributed by atoms with Crippen LogP contribution in [-0.4, -0.2) is 11.5 Å². The number of nitrogens with one attached hydrogen (secondary N) is 1. The Balaban J connectivity index is 1.81. The first-order valence-electron chi connectivity index (χ1n) is 5.93. The highest BCUT2D eigenvalue weighted by Gasteiger charge is 2.08. The molecule has 2 aromatic heterocycles. The minimum absolute atomic E-state index is 0.437. The summed E-state index contributed by atoms with van der Waals surface area (Å²) in [6, 6.07) is 6.73. The molecular weight excluding hydrogens is 228 g/mol. The van der Waals surface area contributed by atoms with Gasteiger partial charge in [0.25, 0.3) is 0 Å². The third kappa shape index (κ3) is 3.38. The van der Waals surface area contributed by atoms with Gasteiger partial charge >= 0.3 is 0 Å². The Hall–Kier alpha value is -1.19. The number of hydrogen-bond acceptors (Lipinski definition) is 3. The zero-order valence-electron chi connectivity index (χ0n) is 10.3. The fraction of sp³-hybridized carbons (Fsp3) is 0.357.